The van der Waals surface area contributed by atoms with Crippen molar-refractivity contribution >= 4 is 15.9 Å². The van der Waals surface area contributed by atoms with E-state index in [4.69, 9.17) is 4.74 Å². The van der Waals surface area contributed by atoms with Gasteiger partial charge in [-0.15, -0.1) is 0 Å². The van der Waals surface area contributed by atoms with Crippen LogP contribution in [0.15, 0.2) is 22.7 Å². The van der Waals surface area contributed by atoms with Crippen LogP contribution in [0.4, 0.5) is 4.39 Å². The van der Waals surface area contributed by atoms with Crippen molar-refractivity contribution in [1.82, 2.24) is 5.32 Å². The molecule has 0 amide bonds. The van der Waals surface area contributed by atoms with Gasteiger partial charge in [-0.2, -0.15) is 0 Å². The number of hydrogen-bond donors (Lipinski definition) is 1. The van der Waals surface area contributed by atoms with Gasteiger partial charge in [0, 0.05) is 23.0 Å². The zero-order valence-corrected chi connectivity index (χ0v) is 12.2. The van der Waals surface area contributed by atoms with Gasteiger partial charge in [-0.3, -0.25) is 0 Å². The Balaban J connectivity index is 2.22. The molecule has 1 aromatic carbocycles. The zero-order chi connectivity index (χ0) is 13.0. The van der Waals surface area contributed by atoms with E-state index >= 15 is 0 Å². The Morgan fingerprint density at radius 1 is 1.50 bits per heavy atom. The molecule has 18 heavy (non-hydrogen) atoms. The fourth-order valence-corrected chi connectivity index (χ4v) is 3.04. The molecule has 0 radical (unpaired) electrons. The van der Waals surface area contributed by atoms with Crippen LogP contribution in [0, 0.1) is 11.7 Å². The maximum atomic E-state index is 13.5. The molecule has 0 saturated carbocycles. The monoisotopic (exact) mass is 315 g/mol. The minimum atomic E-state index is -0.195. The number of benzene rings is 1. The van der Waals surface area contributed by atoms with Crippen molar-refractivity contribution in [3.63, 3.8) is 0 Å². The van der Waals surface area contributed by atoms with Gasteiger partial charge >= 0.3 is 0 Å². The summed E-state index contributed by atoms with van der Waals surface area (Å²) in [6, 6.07) is 5.27. The summed E-state index contributed by atoms with van der Waals surface area (Å²) in [6.07, 6.45) is 2.22. The summed E-state index contributed by atoms with van der Waals surface area (Å²) >= 11 is 3.36. The zero-order valence-electron chi connectivity index (χ0n) is 10.6. The van der Waals surface area contributed by atoms with E-state index in [0.717, 1.165) is 42.6 Å². The van der Waals surface area contributed by atoms with Crippen molar-refractivity contribution in [2.45, 2.75) is 25.8 Å². The van der Waals surface area contributed by atoms with Crippen molar-refractivity contribution in [1.29, 1.82) is 0 Å². The standard InChI is InChI=1S/C14H19BrFNO/c1-2-17-14(10-4-3-5-18-9-10)11-6-12(15)8-13(16)7-11/h6-8,10,14,17H,2-5,9H2,1H3. The molecular formula is C14H19BrFNO. The van der Waals surface area contributed by atoms with Crippen LogP contribution < -0.4 is 5.32 Å². The van der Waals surface area contributed by atoms with Gasteiger partial charge in [0.2, 0.25) is 0 Å². The molecule has 2 atom stereocenters. The van der Waals surface area contributed by atoms with Crippen LogP contribution in [0.2, 0.25) is 0 Å². The molecule has 0 spiro atoms. The lowest BCUT2D eigenvalue weighted by Crippen LogP contribution is -2.33. The Hall–Kier alpha value is -0.450. The van der Waals surface area contributed by atoms with E-state index in [1.165, 1.54) is 6.07 Å². The Bertz CT molecular complexity index is 373. The van der Waals surface area contributed by atoms with Crippen LogP contribution >= 0.6 is 15.9 Å². The molecule has 1 saturated heterocycles. The largest absolute Gasteiger partial charge is 0.381 e. The van der Waals surface area contributed by atoms with Crippen molar-refractivity contribution in [2.75, 3.05) is 19.8 Å². The van der Waals surface area contributed by atoms with Crippen LogP contribution in [0.1, 0.15) is 31.4 Å². The third-order valence-corrected chi connectivity index (χ3v) is 3.79. The van der Waals surface area contributed by atoms with E-state index in [2.05, 4.69) is 28.2 Å². The third-order valence-electron chi connectivity index (χ3n) is 3.33. The average molecular weight is 316 g/mol. The lowest BCUT2D eigenvalue weighted by molar-refractivity contribution is 0.0392. The lowest BCUT2D eigenvalue weighted by atomic mass is 9.88. The predicted molar refractivity (Wildman–Crippen MR) is 74.1 cm³/mol. The summed E-state index contributed by atoms with van der Waals surface area (Å²) in [4.78, 5) is 0. The fourth-order valence-electron chi connectivity index (χ4n) is 2.56. The van der Waals surface area contributed by atoms with Gasteiger partial charge in [0.15, 0.2) is 0 Å². The van der Waals surface area contributed by atoms with Crippen molar-refractivity contribution < 1.29 is 9.13 Å². The van der Waals surface area contributed by atoms with E-state index in [0.29, 0.717) is 5.92 Å². The SMILES string of the molecule is CCNC(c1cc(F)cc(Br)c1)C1CCCOC1. The lowest BCUT2D eigenvalue weighted by Gasteiger charge is -2.31. The van der Waals surface area contributed by atoms with Gasteiger partial charge in [-0.1, -0.05) is 22.9 Å². The molecule has 1 heterocycles. The quantitative estimate of drug-likeness (QED) is 0.915. The summed E-state index contributed by atoms with van der Waals surface area (Å²) in [7, 11) is 0. The van der Waals surface area contributed by atoms with Gasteiger partial charge in [-0.25, -0.2) is 4.39 Å². The number of nitrogens with one attached hydrogen (secondary N) is 1. The predicted octanol–water partition coefficient (Wildman–Crippen LogP) is 3.67. The summed E-state index contributed by atoms with van der Waals surface area (Å²) in [6.45, 7) is 4.55. The van der Waals surface area contributed by atoms with Crippen molar-refractivity contribution in [2.24, 2.45) is 5.92 Å². The van der Waals surface area contributed by atoms with E-state index in [1.54, 1.807) is 6.07 Å². The molecule has 1 fully saturated rings. The number of ether oxygens (including phenoxy) is 1. The first-order valence-corrected chi connectivity index (χ1v) is 7.27. The van der Waals surface area contributed by atoms with Gasteiger partial charge in [0.05, 0.1) is 6.61 Å². The highest BCUT2D eigenvalue weighted by Gasteiger charge is 2.25. The molecule has 0 bridgehead atoms. The molecule has 1 aliphatic heterocycles. The fraction of sp³-hybridized carbons (Fsp3) is 0.571. The van der Waals surface area contributed by atoms with Gasteiger partial charge in [-0.05, 0) is 43.1 Å². The van der Waals surface area contributed by atoms with Crippen LogP contribution in [0.3, 0.4) is 0 Å². The Morgan fingerprint density at radius 2 is 2.33 bits per heavy atom. The molecular weight excluding hydrogens is 297 g/mol. The molecule has 1 aliphatic rings. The summed E-state index contributed by atoms with van der Waals surface area (Å²) in [5, 5.41) is 3.46. The molecule has 1 N–H and O–H groups in total. The molecule has 2 unspecified atom stereocenters. The first kappa shape index (κ1) is 14.0. The Kier molecular flexibility index (Phi) is 5.15. The summed E-state index contributed by atoms with van der Waals surface area (Å²) < 4.78 is 19.8. The van der Waals surface area contributed by atoms with Crippen molar-refractivity contribution in [3.05, 3.63) is 34.1 Å². The molecule has 4 heteroatoms. The van der Waals surface area contributed by atoms with Gasteiger partial charge in [0.25, 0.3) is 0 Å². The van der Waals surface area contributed by atoms with E-state index < -0.39 is 0 Å². The van der Waals surface area contributed by atoms with E-state index in [9.17, 15) is 4.39 Å². The Morgan fingerprint density at radius 3 is 2.94 bits per heavy atom. The molecule has 2 rings (SSSR count). The van der Waals surface area contributed by atoms with Crippen LogP contribution in [-0.4, -0.2) is 19.8 Å². The van der Waals surface area contributed by atoms with Crippen molar-refractivity contribution in [3.8, 4) is 0 Å². The second-order valence-corrected chi connectivity index (χ2v) is 5.63. The van der Waals surface area contributed by atoms with Crippen LogP contribution in [0.5, 0.6) is 0 Å². The normalized spacial score (nSPS) is 21.8. The van der Waals surface area contributed by atoms with Crippen LogP contribution in [-0.2, 0) is 4.74 Å². The maximum Gasteiger partial charge on any atom is 0.124 e. The third kappa shape index (κ3) is 3.53. The topological polar surface area (TPSA) is 21.3 Å². The summed E-state index contributed by atoms with van der Waals surface area (Å²) in [5.41, 5.74) is 0.999. The number of rotatable bonds is 4. The second kappa shape index (κ2) is 6.64. The average Bonchev–Trinajstić information content (AvgIpc) is 2.36. The second-order valence-electron chi connectivity index (χ2n) is 4.72. The highest BCUT2D eigenvalue weighted by Crippen LogP contribution is 2.30. The number of hydrogen-bond acceptors (Lipinski definition) is 2. The molecule has 100 valence electrons. The molecule has 0 aromatic heterocycles. The smallest absolute Gasteiger partial charge is 0.124 e. The Labute approximate surface area is 116 Å². The molecule has 0 aliphatic carbocycles. The summed E-state index contributed by atoms with van der Waals surface area (Å²) in [5.74, 6) is 0.228. The molecule has 1 aromatic rings. The van der Waals surface area contributed by atoms with Gasteiger partial charge in [0.1, 0.15) is 5.82 Å². The minimum absolute atomic E-state index is 0.169. The van der Waals surface area contributed by atoms with E-state index in [-0.39, 0.29) is 11.9 Å². The van der Waals surface area contributed by atoms with Crippen LogP contribution in [0.25, 0.3) is 0 Å². The number of halogens is 2. The highest BCUT2D eigenvalue weighted by molar-refractivity contribution is 9.10. The maximum absolute atomic E-state index is 13.5. The first-order valence-electron chi connectivity index (χ1n) is 6.48. The highest BCUT2D eigenvalue weighted by atomic mass is 79.9. The minimum Gasteiger partial charge on any atom is -0.381 e. The van der Waals surface area contributed by atoms with E-state index in [1.807, 2.05) is 6.07 Å². The molecule has 2 nitrogen and oxygen atoms in total. The first-order chi connectivity index (χ1) is 8.70. The van der Waals surface area contributed by atoms with Gasteiger partial charge < -0.3 is 10.1 Å².